The fraction of sp³-hybridized carbons (Fsp3) is 0.385. The first-order chi connectivity index (χ1) is 17.1. The van der Waals surface area contributed by atoms with E-state index in [9.17, 15) is 9.59 Å². The molecule has 0 aliphatic carbocycles. The number of hydrogen-bond donors (Lipinski definition) is 2. The van der Waals surface area contributed by atoms with Gasteiger partial charge in [0.05, 0.1) is 24.9 Å². The van der Waals surface area contributed by atoms with Gasteiger partial charge in [-0.1, -0.05) is 24.2 Å². The van der Waals surface area contributed by atoms with E-state index >= 15 is 0 Å². The molecular weight excluding hydrogens is 446 g/mol. The van der Waals surface area contributed by atoms with Crippen LogP contribution in [0.4, 0.5) is 5.69 Å². The number of hydrogen-bond acceptors (Lipinski definition) is 7. The van der Waals surface area contributed by atoms with Gasteiger partial charge in [-0.15, -0.1) is 0 Å². The minimum atomic E-state index is -0.175. The molecule has 3 aromatic rings. The number of likely N-dealkylation sites (tertiary alicyclic amines) is 1. The van der Waals surface area contributed by atoms with Crippen LogP contribution in [0.3, 0.4) is 0 Å². The molecule has 1 aliphatic rings. The molecule has 2 heterocycles. The van der Waals surface area contributed by atoms with Gasteiger partial charge >= 0.3 is 0 Å². The van der Waals surface area contributed by atoms with Crippen LogP contribution >= 0.6 is 0 Å². The standard InChI is InChI=1S/C26H31N5O4/c1-3-14-27-26(33)21-6-4-5-7-22(21)28-25(32)19-12-15-31(16-13-19)17-23-29-24(30-35-23)18-8-10-20(34-2)11-9-18/h4-11,19H,3,12-17H2,1-2H3,(H,27,33)(H,28,32). The Morgan fingerprint density at radius 2 is 1.86 bits per heavy atom. The van der Waals surface area contributed by atoms with Crippen LogP contribution in [0.2, 0.25) is 0 Å². The number of nitrogens with zero attached hydrogens (tertiary/aromatic N) is 3. The molecule has 0 radical (unpaired) electrons. The van der Waals surface area contributed by atoms with Crippen LogP contribution in [-0.4, -0.2) is 53.6 Å². The molecule has 0 bridgehead atoms. The third kappa shape index (κ3) is 6.24. The lowest BCUT2D eigenvalue weighted by Gasteiger charge is -2.30. The van der Waals surface area contributed by atoms with Crippen LogP contribution in [0, 0.1) is 5.92 Å². The van der Waals surface area contributed by atoms with Gasteiger partial charge in [-0.05, 0) is 68.8 Å². The SMILES string of the molecule is CCCNC(=O)c1ccccc1NC(=O)C1CCN(Cc2nc(-c3ccc(OC)cc3)no2)CC1. The quantitative estimate of drug-likeness (QED) is 0.483. The number of aromatic nitrogens is 2. The van der Waals surface area contributed by atoms with E-state index in [0.717, 1.165) is 43.7 Å². The average Bonchev–Trinajstić information content (AvgIpc) is 3.36. The number of methoxy groups -OCH3 is 1. The van der Waals surface area contributed by atoms with Crippen LogP contribution < -0.4 is 15.4 Å². The van der Waals surface area contributed by atoms with Crippen LogP contribution in [-0.2, 0) is 11.3 Å². The predicted molar refractivity (Wildman–Crippen MR) is 132 cm³/mol. The van der Waals surface area contributed by atoms with E-state index in [1.807, 2.05) is 37.3 Å². The third-order valence-corrected chi connectivity index (χ3v) is 6.10. The van der Waals surface area contributed by atoms with Crippen molar-refractivity contribution in [3.63, 3.8) is 0 Å². The second-order valence-electron chi connectivity index (χ2n) is 8.58. The number of ether oxygens (including phenoxy) is 1. The Morgan fingerprint density at radius 1 is 1.11 bits per heavy atom. The maximum atomic E-state index is 12.9. The summed E-state index contributed by atoms with van der Waals surface area (Å²) in [6.07, 6.45) is 2.29. The van der Waals surface area contributed by atoms with E-state index in [2.05, 4.69) is 25.7 Å². The van der Waals surface area contributed by atoms with E-state index in [1.165, 1.54) is 0 Å². The molecule has 9 nitrogen and oxygen atoms in total. The van der Waals surface area contributed by atoms with E-state index in [4.69, 9.17) is 9.26 Å². The molecule has 9 heteroatoms. The zero-order chi connectivity index (χ0) is 24.6. The van der Waals surface area contributed by atoms with Gasteiger partial charge in [0.1, 0.15) is 5.75 Å². The normalized spacial score (nSPS) is 14.5. The maximum Gasteiger partial charge on any atom is 0.253 e. The van der Waals surface area contributed by atoms with Gasteiger partial charge < -0.3 is 19.9 Å². The molecule has 0 atom stereocenters. The Bertz CT molecular complexity index is 1140. The zero-order valence-electron chi connectivity index (χ0n) is 20.1. The van der Waals surface area contributed by atoms with Crippen molar-refractivity contribution in [2.75, 3.05) is 32.1 Å². The summed E-state index contributed by atoms with van der Waals surface area (Å²) in [5, 5.41) is 9.92. The molecule has 0 saturated carbocycles. The van der Waals surface area contributed by atoms with Gasteiger partial charge in [0.2, 0.25) is 17.6 Å². The first-order valence-corrected chi connectivity index (χ1v) is 11.9. The first-order valence-electron chi connectivity index (χ1n) is 11.9. The van der Waals surface area contributed by atoms with Crippen molar-refractivity contribution in [2.24, 2.45) is 5.92 Å². The highest BCUT2D eigenvalue weighted by molar-refractivity contribution is 6.04. The molecule has 2 amide bonds. The number of piperidine rings is 1. The highest BCUT2D eigenvalue weighted by Crippen LogP contribution is 2.24. The van der Waals surface area contributed by atoms with Gasteiger partial charge in [0, 0.05) is 18.0 Å². The summed E-state index contributed by atoms with van der Waals surface area (Å²) in [4.78, 5) is 32.1. The highest BCUT2D eigenvalue weighted by Gasteiger charge is 2.27. The Hall–Kier alpha value is -3.72. The second kappa shape index (κ2) is 11.6. The first kappa shape index (κ1) is 24.4. The molecule has 1 aliphatic heterocycles. The van der Waals surface area contributed by atoms with Crippen LogP contribution in [0.25, 0.3) is 11.4 Å². The highest BCUT2D eigenvalue weighted by atomic mass is 16.5. The molecule has 35 heavy (non-hydrogen) atoms. The molecule has 2 aromatic carbocycles. The number of carbonyl (C=O) groups is 2. The largest absolute Gasteiger partial charge is 0.497 e. The summed E-state index contributed by atoms with van der Waals surface area (Å²) >= 11 is 0. The Balaban J connectivity index is 1.29. The number of para-hydroxylation sites is 1. The van der Waals surface area contributed by atoms with Crippen molar-refractivity contribution in [2.45, 2.75) is 32.7 Å². The number of carbonyl (C=O) groups excluding carboxylic acids is 2. The monoisotopic (exact) mass is 477 g/mol. The predicted octanol–water partition coefficient (Wildman–Crippen LogP) is 3.74. The smallest absolute Gasteiger partial charge is 0.253 e. The van der Waals surface area contributed by atoms with E-state index in [1.54, 1.807) is 25.3 Å². The lowest BCUT2D eigenvalue weighted by molar-refractivity contribution is -0.121. The topological polar surface area (TPSA) is 110 Å². The summed E-state index contributed by atoms with van der Waals surface area (Å²) in [6, 6.07) is 14.6. The molecule has 1 aromatic heterocycles. The number of amides is 2. The third-order valence-electron chi connectivity index (χ3n) is 6.10. The summed E-state index contributed by atoms with van der Waals surface area (Å²) in [6.45, 7) is 4.63. The Kier molecular flexibility index (Phi) is 8.10. The number of rotatable bonds is 9. The molecule has 2 N–H and O–H groups in total. The van der Waals surface area contributed by atoms with Gasteiger partial charge in [0.25, 0.3) is 5.91 Å². The van der Waals surface area contributed by atoms with E-state index < -0.39 is 0 Å². The molecular formula is C26H31N5O4. The van der Waals surface area contributed by atoms with Gasteiger partial charge in [0.15, 0.2) is 0 Å². The molecule has 0 unspecified atom stereocenters. The fourth-order valence-corrected chi connectivity index (χ4v) is 4.08. The summed E-state index contributed by atoms with van der Waals surface area (Å²) in [5.41, 5.74) is 1.89. The van der Waals surface area contributed by atoms with Crippen molar-refractivity contribution >= 4 is 17.5 Å². The molecule has 4 rings (SSSR count). The minimum Gasteiger partial charge on any atom is -0.497 e. The van der Waals surface area contributed by atoms with Crippen molar-refractivity contribution in [3.8, 4) is 17.1 Å². The zero-order valence-corrected chi connectivity index (χ0v) is 20.1. The van der Waals surface area contributed by atoms with Crippen LogP contribution in [0.5, 0.6) is 5.75 Å². The summed E-state index contributed by atoms with van der Waals surface area (Å²) in [7, 11) is 1.63. The number of benzene rings is 2. The van der Waals surface area contributed by atoms with Crippen LogP contribution in [0.15, 0.2) is 53.1 Å². The summed E-state index contributed by atoms with van der Waals surface area (Å²) < 4.78 is 10.6. The number of nitrogens with one attached hydrogen (secondary N) is 2. The fourth-order valence-electron chi connectivity index (χ4n) is 4.08. The van der Waals surface area contributed by atoms with Gasteiger partial charge in [-0.25, -0.2) is 0 Å². The van der Waals surface area contributed by atoms with E-state index in [-0.39, 0.29) is 17.7 Å². The molecule has 1 saturated heterocycles. The molecule has 1 fully saturated rings. The Morgan fingerprint density at radius 3 is 2.57 bits per heavy atom. The number of anilines is 1. The van der Waals surface area contributed by atoms with E-state index in [0.29, 0.717) is 36.1 Å². The van der Waals surface area contributed by atoms with Crippen molar-refractivity contribution in [1.29, 1.82) is 0 Å². The van der Waals surface area contributed by atoms with Gasteiger partial charge in [-0.2, -0.15) is 4.98 Å². The molecule has 184 valence electrons. The van der Waals surface area contributed by atoms with Gasteiger partial charge in [-0.3, -0.25) is 14.5 Å². The minimum absolute atomic E-state index is 0.0556. The maximum absolute atomic E-state index is 12.9. The lowest BCUT2D eigenvalue weighted by atomic mass is 9.95. The van der Waals surface area contributed by atoms with Crippen LogP contribution in [0.1, 0.15) is 42.4 Å². The summed E-state index contributed by atoms with van der Waals surface area (Å²) in [5.74, 6) is 1.51. The van der Waals surface area contributed by atoms with Crippen molar-refractivity contribution in [3.05, 3.63) is 60.0 Å². The van der Waals surface area contributed by atoms with Crippen molar-refractivity contribution in [1.82, 2.24) is 20.4 Å². The Labute approximate surface area is 204 Å². The van der Waals surface area contributed by atoms with Crippen molar-refractivity contribution < 1.29 is 18.8 Å². The molecule has 0 spiro atoms. The second-order valence-corrected chi connectivity index (χ2v) is 8.58. The lowest BCUT2D eigenvalue weighted by Crippen LogP contribution is -2.38. The average molecular weight is 478 g/mol.